The quantitative estimate of drug-likeness (QED) is 0.752. The Labute approximate surface area is 87.7 Å². The van der Waals surface area contributed by atoms with Crippen LogP contribution < -0.4 is 0 Å². The van der Waals surface area contributed by atoms with Crippen molar-refractivity contribution in [1.82, 2.24) is 0 Å². The van der Waals surface area contributed by atoms with E-state index >= 15 is 0 Å². The average Bonchev–Trinajstić information content (AvgIpc) is 2.25. The Hall–Kier alpha value is -1.12. The number of phenolic OH excluding ortho intramolecular Hbond substituents is 1. The van der Waals surface area contributed by atoms with Crippen LogP contribution in [-0.2, 0) is 0 Å². The van der Waals surface area contributed by atoms with Gasteiger partial charge in [-0.3, -0.25) is 0 Å². The molecule has 0 atom stereocenters. The molecule has 15 heavy (non-hydrogen) atoms. The zero-order valence-electron chi connectivity index (χ0n) is 8.47. The van der Waals surface area contributed by atoms with Gasteiger partial charge in [-0.25, -0.2) is 8.78 Å². The topological polar surface area (TPSA) is 20.2 Å². The molecule has 1 fully saturated rings. The highest BCUT2D eigenvalue weighted by Crippen LogP contribution is 2.35. The Morgan fingerprint density at radius 2 is 1.67 bits per heavy atom. The predicted molar refractivity (Wildman–Crippen MR) is 53.8 cm³/mol. The first kappa shape index (κ1) is 10.4. The van der Waals surface area contributed by atoms with Gasteiger partial charge in [0.15, 0.2) is 11.6 Å². The third kappa shape index (κ3) is 2.11. The van der Waals surface area contributed by atoms with Crippen LogP contribution in [0.3, 0.4) is 0 Å². The first-order valence-electron chi connectivity index (χ1n) is 5.36. The molecule has 1 N–H and O–H groups in total. The molecule has 0 aromatic heterocycles. The number of aromatic hydroxyl groups is 1. The normalized spacial score (nSPS) is 18.0. The highest BCUT2D eigenvalue weighted by Gasteiger charge is 2.20. The Bertz CT molecular complexity index is 357. The minimum atomic E-state index is -0.882. The van der Waals surface area contributed by atoms with Crippen molar-refractivity contribution < 1.29 is 13.9 Å². The molecule has 3 heteroatoms. The van der Waals surface area contributed by atoms with Gasteiger partial charge in [-0.15, -0.1) is 0 Å². The Morgan fingerprint density at radius 1 is 1.00 bits per heavy atom. The Morgan fingerprint density at radius 3 is 2.33 bits per heavy atom. The monoisotopic (exact) mass is 212 g/mol. The smallest absolute Gasteiger partial charge is 0.167 e. The Kier molecular flexibility index (Phi) is 2.89. The number of halogens is 2. The van der Waals surface area contributed by atoms with Crippen LogP contribution in [0, 0.1) is 11.6 Å². The van der Waals surface area contributed by atoms with E-state index in [4.69, 9.17) is 0 Å². The number of benzene rings is 1. The number of hydrogen-bond acceptors (Lipinski definition) is 1. The standard InChI is InChI=1S/C12H14F2O/c13-10-7-11(14)12(15)6-9(10)8-4-2-1-3-5-8/h6-8,15H,1-5H2. The molecule has 0 bridgehead atoms. The zero-order chi connectivity index (χ0) is 10.8. The van der Waals surface area contributed by atoms with Crippen LogP contribution in [0.25, 0.3) is 0 Å². The third-order valence-electron chi connectivity index (χ3n) is 3.11. The molecule has 1 aliphatic carbocycles. The summed E-state index contributed by atoms with van der Waals surface area (Å²) in [5.74, 6) is -1.72. The molecule has 1 aromatic rings. The molecule has 1 nitrogen and oxygen atoms in total. The number of phenols is 1. The average molecular weight is 212 g/mol. The van der Waals surface area contributed by atoms with Crippen LogP contribution in [0.15, 0.2) is 12.1 Å². The van der Waals surface area contributed by atoms with E-state index in [1.807, 2.05) is 0 Å². The van der Waals surface area contributed by atoms with Crippen molar-refractivity contribution in [2.75, 3.05) is 0 Å². The van der Waals surface area contributed by atoms with Crippen LogP contribution in [0.2, 0.25) is 0 Å². The van der Waals surface area contributed by atoms with E-state index in [-0.39, 0.29) is 5.92 Å². The van der Waals surface area contributed by atoms with Crippen LogP contribution in [0.5, 0.6) is 5.75 Å². The van der Waals surface area contributed by atoms with Gasteiger partial charge in [0.2, 0.25) is 0 Å². The summed E-state index contributed by atoms with van der Waals surface area (Å²) in [6, 6.07) is 2.01. The second-order valence-electron chi connectivity index (χ2n) is 4.16. The molecule has 0 saturated heterocycles. The zero-order valence-corrected chi connectivity index (χ0v) is 8.47. The van der Waals surface area contributed by atoms with Gasteiger partial charge in [0.1, 0.15) is 5.82 Å². The molecule has 0 amide bonds. The van der Waals surface area contributed by atoms with E-state index < -0.39 is 17.4 Å². The minimum absolute atomic E-state index is 0.144. The molecule has 2 rings (SSSR count). The van der Waals surface area contributed by atoms with Crippen molar-refractivity contribution in [3.63, 3.8) is 0 Å². The van der Waals surface area contributed by atoms with E-state index in [0.29, 0.717) is 5.56 Å². The maximum atomic E-state index is 13.5. The number of rotatable bonds is 1. The largest absolute Gasteiger partial charge is 0.505 e. The van der Waals surface area contributed by atoms with Crippen molar-refractivity contribution in [3.05, 3.63) is 29.3 Å². The highest BCUT2D eigenvalue weighted by molar-refractivity contribution is 5.32. The number of hydrogen-bond donors (Lipinski definition) is 1. The van der Waals surface area contributed by atoms with Gasteiger partial charge in [-0.2, -0.15) is 0 Å². The van der Waals surface area contributed by atoms with Crippen LogP contribution >= 0.6 is 0 Å². The molecule has 1 saturated carbocycles. The van der Waals surface area contributed by atoms with Crippen molar-refractivity contribution in [3.8, 4) is 5.75 Å². The summed E-state index contributed by atoms with van der Waals surface area (Å²) in [6.07, 6.45) is 5.22. The van der Waals surface area contributed by atoms with Crippen molar-refractivity contribution in [2.24, 2.45) is 0 Å². The molecular weight excluding hydrogens is 198 g/mol. The minimum Gasteiger partial charge on any atom is -0.505 e. The fourth-order valence-corrected chi connectivity index (χ4v) is 2.28. The van der Waals surface area contributed by atoms with Crippen LogP contribution in [-0.4, -0.2) is 5.11 Å². The molecule has 82 valence electrons. The molecular formula is C12H14F2O. The molecule has 0 unspecified atom stereocenters. The lowest BCUT2D eigenvalue weighted by molar-refractivity contribution is 0.407. The van der Waals surface area contributed by atoms with Crippen LogP contribution in [0.4, 0.5) is 8.78 Å². The highest BCUT2D eigenvalue weighted by atomic mass is 19.1. The fraction of sp³-hybridized carbons (Fsp3) is 0.500. The molecule has 1 aliphatic rings. The van der Waals surface area contributed by atoms with Gasteiger partial charge in [-0.05, 0) is 30.4 Å². The van der Waals surface area contributed by atoms with Gasteiger partial charge in [0.25, 0.3) is 0 Å². The lowest BCUT2D eigenvalue weighted by Gasteiger charge is -2.22. The Balaban J connectivity index is 2.30. The van der Waals surface area contributed by atoms with Crippen molar-refractivity contribution in [1.29, 1.82) is 0 Å². The van der Waals surface area contributed by atoms with Gasteiger partial charge >= 0.3 is 0 Å². The fourth-order valence-electron chi connectivity index (χ4n) is 2.28. The lowest BCUT2D eigenvalue weighted by atomic mass is 9.84. The van der Waals surface area contributed by atoms with E-state index in [1.54, 1.807) is 0 Å². The molecule has 0 aliphatic heterocycles. The maximum absolute atomic E-state index is 13.5. The molecule has 1 aromatic carbocycles. The van der Waals surface area contributed by atoms with E-state index in [9.17, 15) is 13.9 Å². The van der Waals surface area contributed by atoms with Crippen LogP contribution in [0.1, 0.15) is 43.6 Å². The lowest BCUT2D eigenvalue weighted by Crippen LogP contribution is -2.06. The van der Waals surface area contributed by atoms with Crippen molar-refractivity contribution >= 4 is 0 Å². The summed E-state index contributed by atoms with van der Waals surface area (Å²) in [6.45, 7) is 0. The summed E-state index contributed by atoms with van der Waals surface area (Å²) in [5.41, 5.74) is 0.466. The predicted octanol–water partition coefficient (Wildman–Crippen LogP) is 3.72. The SMILES string of the molecule is Oc1cc(C2CCCCC2)c(F)cc1F. The van der Waals surface area contributed by atoms with Gasteiger partial charge in [-0.1, -0.05) is 19.3 Å². The summed E-state index contributed by atoms with van der Waals surface area (Å²) in [4.78, 5) is 0. The first-order valence-corrected chi connectivity index (χ1v) is 5.36. The molecule has 0 spiro atoms. The summed E-state index contributed by atoms with van der Waals surface area (Å²) in [7, 11) is 0. The van der Waals surface area contributed by atoms with E-state index in [1.165, 1.54) is 12.5 Å². The maximum Gasteiger partial charge on any atom is 0.167 e. The summed E-state index contributed by atoms with van der Waals surface area (Å²) >= 11 is 0. The first-order chi connectivity index (χ1) is 7.18. The third-order valence-corrected chi connectivity index (χ3v) is 3.11. The van der Waals surface area contributed by atoms with E-state index in [0.717, 1.165) is 31.7 Å². The summed E-state index contributed by atoms with van der Waals surface area (Å²) in [5, 5.41) is 9.21. The second-order valence-corrected chi connectivity index (χ2v) is 4.16. The van der Waals surface area contributed by atoms with Crippen molar-refractivity contribution in [2.45, 2.75) is 38.0 Å². The molecule has 0 heterocycles. The van der Waals surface area contributed by atoms with Gasteiger partial charge < -0.3 is 5.11 Å². The summed E-state index contributed by atoms with van der Waals surface area (Å²) < 4.78 is 26.3. The van der Waals surface area contributed by atoms with Gasteiger partial charge in [0.05, 0.1) is 0 Å². The van der Waals surface area contributed by atoms with Gasteiger partial charge in [0, 0.05) is 6.07 Å². The molecule has 0 radical (unpaired) electrons. The van der Waals surface area contributed by atoms with E-state index in [2.05, 4.69) is 0 Å². The second kappa shape index (κ2) is 4.17.